The summed E-state index contributed by atoms with van der Waals surface area (Å²) in [5.41, 5.74) is 0.914. The molecule has 1 aromatic rings. The summed E-state index contributed by atoms with van der Waals surface area (Å²) in [7, 11) is 0. The first-order valence-corrected chi connectivity index (χ1v) is 8.78. The second kappa shape index (κ2) is 8.93. The molecule has 6 heteroatoms. The van der Waals surface area contributed by atoms with E-state index in [2.05, 4.69) is 4.98 Å². The van der Waals surface area contributed by atoms with E-state index in [9.17, 15) is 4.79 Å². The molecule has 1 aromatic heterocycles. The van der Waals surface area contributed by atoms with Crippen LogP contribution < -0.4 is 0 Å². The van der Waals surface area contributed by atoms with Gasteiger partial charge in [-0.1, -0.05) is 0 Å². The number of hydrogen-bond acceptors (Lipinski definition) is 6. The van der Waals surface area contributed by atoms with Crippen LogP contribution in [0.25, 0.3) is 0 Å². The van der Waals surface area contributed by atoms with Crippen LogP contribution in [0.15, 0.2) is 18.3 Å². The van der Waals surface area contributed by atoms with Gasteiger partial charge in [-0.15, -0.1) is 5.06 Å². The molecule has 0 atom stereocenters. The van der Waals surface area contributed by atoms with Gasteiger partial charge in [0.05, 0.1) is 12.0 Å². The summed E-state index contributed by atoms with van der Waals surface area (Å²) in [5.74, 6) is 0.417. The van der Waals surface area contributed by atoms with Crippen LogP contribution in [0.5, 0.6) is 0 Å². The second-order valence-corrected chi connectivity index (χ2v) is 7.50. The lowest BCUT2D eigenvalue weighted by Crippen LogP contribution is -2.39. The van der Waals surface area contributed by atoms with Gasteiger partial charge in [0.25, 0.3) is 0 Å². The van der Waals surface area contributed by atoms with Crippen LogP contribution in [-0.2, 0) is 21.0 Å². The molecule has 0 radical (unpaired) electrons. The number of rotatable bonds is 6. The van der Waals surface area contributed by atoms with E-state index in [0.717, 1.165) is 37.9 Å². The topological polar surface area (TPSA) is 75.4 Å². The Morgan fingerprint density at radius 1 is 1.40 bits per heavy atom. The van der Waals surface area contributed by atoms with Crippen molar-refractivity contribution in [2.75, 3.05) is 19.7 Å². The molecule has 1 saturated heterocycles. The Labute approximate surface area is 149 Å². The highest BCUT2D eigenvalue weighted by molar-refractivity contribution is 5.75. The van der Waals surface area contributed by atoms with Crippen molar-refractivity contribution in [2.24, 2.45) is 11.3 Å². The average molecular weight is 345 g/mol. The van der Waals surface area contributed by atoms with Crippen molar-refractivity contribution in [1.29, 1.82) is 5.26 Å². The first kappa shape index (κ1) is 19.4. The minimum atomic E-state index is -0.469. The Balaban J connectivity index is 1.62. The van der Waals surface area contributed by atoms with Crippen LogP contribution in [0.4, 0.5) is 0 Å². The maximum Gasteiger partial charge on any atom is 0.330 e. The Bertz CT molecular complexity index is 611. The standard InChI is InChI=1S/C19H27N3O3/c1-19(2,3)18(23)25-22-9-5-15(6-10-22)7-11-24-14-16-4-8-21-17(12-16)13-20/h4,8,12,15H,5-7,9-11,14H2,1-3H3. The van der Waals surface area contributed by atoms with E-state index in [1.54, 1.807) is 17.3 Å². The quantitative estimate of drug-likeness (QED) is 0.738. The Morgan fingerprint density at radius 3 is 2.76 bits per heavy atom. The number of hydrogen-bond donors (Lipinski definition) is 0. The lowest BCUT2D eigenvalue weighted by atomic mass is 9.95. The smallest absolute Gasteiger partial charge is 0.330 e. The fourth-order valence-electron chi connectivity index (χ4n) is 2.61. The molecule has 1 aliphatic rings. The Kier molecular flexibility index (Phi) is 6.91. The van der Waals surface area contributed by atoms with Gasteiger partial charge in [-0.25, -0.2) is 9.78 Å². The summed E-state index contributed by atoms with van der Waals surface area (Å²) in [6.45, 7) is 8.34. The highest BCUT2D eigenvalue weighted by Crippen LogP contribution is 2.23. The zero-order valence-corrected chi connectivity index (χ0v) is 15.3. The Morgan fingerprint density at radius 2 is 2.12 bits per heavy atom. The van der Waals surface area contributed by atoms with Gasteiger partial charge in [-0.3, -0.25) is 0 Å². The highest BCUT2D eigenvalue weighted by atomic mass is 16.7. The number of aromatic nitrogens is 1. The molecule has 0 saturated carbocycles. The summed E-state index contributed by atoms with van der Waals surface area (Å²) >= 11 is 0. The van der Waals surface area contributed by atoms with Crippen LogP contribution in [0.2, 0.25) is 0 Å². The van der Waals surface area contributed by atoms with Crippen LogP contribution in [0.3, 0.4) is 0 Å². The van der Waals surface area contributed by atoms with Gasteiger partial charge in [-0.2, -0.15) is 5.26 Å². The molecule has 6 nitrogen and oxygen atoms in total. The molecular weight excluding hydrogens is 318 g/mol. The van der Waals surface area contributed by atoms with E-state index in [0.29, 0.717) is 24.8 Å². The van der Waals surface area contributed by atoms with Crippen LogP contribution in [0.1, 0.15) is 51.3 Å². The molecule has 0 spiro atoms. The molecule has 136 valence electrons. The third kappa shape index (κ3) is 6.45. The molecule has 1 fully saturated rings. The molecule has 2 heterocycles. The van der Waals surface area contributed by atoms with Gasteiger partial charge < -0.3 is 9.57 Å². The average Bonchev–Trinajstić information content (AvgIpc) is 2.59. The third-order valence-corrected chi connectivity index (χ3v) is 4.28. The maximum absolute atomic E-state index is 11.9. The fraction of sp³-hybridized carbons (Fsp3) is 0.632. The summed E-state index contributed by atoms with van der Waals surface area (Å²) < 4.78 is 5.72. The summed E-state index contributed by atoms with van der Waals surface area (Å²) in [5, 5.41) is 10.6. The molecule has 0 aliphatic carbocycles. The van der Waals surface area contributed by atoms with Crippen molar-refractivity contribution in [3.05, 3.63) is 29.6 Å². The number of pyridine rings is 1. The van der Waals surface area contributed by atoms with Gasteiger partial charge in [0.1, 0.15) is 11.8 Å². The molecule has 25 heavy (non-hydrogen) atoms. The van der Waals surface area contributed by atoms with Gasteiger partial charge >= 0.3 is 5.97 Å². The van der Waals surface area contributed by atoms with Gasteiger partial charge in [0.15, 0.2) is 0 Å². The van der Waals surface area contributed by atoms with Gasteiger partial charge in [-0.05, 0) is 63.6 Å². The minimum Gasteiger partial charge on any atom is -0.377 e. The summed E-state index contributed by atoms with van der Waals surface area (Å²) in [6.07, 6.45) is 4.65. The second-order valence-electron chi connectivity index (χ2n) is 7.50. The van der Waals surface area contributed by atoms with Crippen LogP contribution >= 0.6 is 0 Å². The third-order valence-electron chi connectivity index (χ3n) is 4.28. The first-order chi connectivity index (χ1) is 11.9. The highest BCUT2D eigenvalue weighted by Gasteiger charge is 2.28. The lowest BCUT2D eigenvalue weighted by Gasteiger charge is -2.32. The molecule has 0 aromatic carbocycles. The molecule has 0 amide bonds. The lowest BCUT2D eigenvalue weighted by molar-refractivity contribution is -0.206. The number of carbonyl (C=O) groups is 1. The van der Waals surface area contributed by atoms with Crippen LogP contribution in [0, 0.1) is 22.7 Å². The van der Waals surface area contributed by atoms with Crippen molar-refractivity contribution >= 4 is 5.97 Å². The first-order valence-electron chi connectivity index (χ1n) is 8.78. The molecule has 2 rings (SSSR count). The SMILES string of the molecule is CC(C)(C)C(=O)ON1CCC(CCOCc2ccnc(C#N)c2)CC1. The molecule has 1 aliphatic heterocycles. The predicted octanol–water partition coefficient (Wildman–Crippen LogP) is 3.08. The summed E-state index contributed by atoms with van der Waals surface area (Å²) in [6, 6.07) is 5.65. The number of nitriles is 1. The number of piperidine rings is 1. The predicted molar refractivity (Wildman–Crippen MR) is 93.1 cm³/mol. The van der Waals surface area contributed by atoms with Crippen molar-refractivity contribution < 1.29 is 14.4 Å². The largest absolute Gasteiger partial charge is 0.377 e. The van der Waals surface area contributed by atoms with Crippen molar-refractivity contribution in [2.45, 2.75) is 46.6 Å². The van der Waals surface area contributed by atoms with Gasteiger partial charge in [0.2, 0.25) is 0 Å². The zero-order valence-electron chi connectivity index (χ0n) is 15.3. The molecule has 0 bridgehead atoms. The van der Waals surface area contributed by atoms with Crippen molar-refractivity contribution in [3.8, 4) is 6.07 Å². The minimum absolute atomic E-state index is 0.177. The number of carbonyl (C=O) groups excluding carboxylic acids is 1. The number of hydroxylamine groups is 2. The zero-order chi connectivity index (χ0) is 18.3. The van der Waals surface area contributed by atoms with Crippen LogP contribution in [-0.4, -0.2) is 35.7 Å². The summed E-state index contributed by atoms with van der Waals surface area (Å²) in [4.78, 5) is 21.3. The van der Waals surface area contributed by atoms with E-state index in [1.807, 2.05) is 32.9 Å². The molecule has 0 N–H and O–H groups in total. The number of nitrogens with zero attached hydrogens (tertiary/aromatic N) is 3. The Hall–Kier alpha value is -1.97. The number of ether oxygens (including phenoxy) is 1. The van der Waals surface area contributed by atoms with E-state index < -0.39 is 5.41 Å². The maximum atomic E-state index is 11.9. The van der Waals surface area contributed by atoms with E-state index in [-0.39, 0.29) is 5.97 Å². The normalized spacial score (nSPS) is 16.4. The van der Waals surface area contributed by atoms with E-state index in [4.69, 9.17) is 14.8 Å². The molecule has 0 unspecified atom stereocenters. The van der Waals surface area contributed by atoms with Crippen molar-refractivity contribution in [3.63, 3.8) is 0 Å². The van der Waals surface area contributed by atoms with E-state index in [1.165, 1.54) is 0 Å². The van der Waals surface area contributed by atoms with Gasteiger partial charge in [0, 0.05) is 25.9 Å². The fourth-order valence-corrected chi connectivity index (χ4v) is 2.61. The monoisotopic (exact) mass is 345 g/mol. The molecular formula is C19H27N3O3. The van der Waals surface area contributed by atoms with Crippen molar-refractivity contribution in [1.82, 2.24) is 10.0 Å². The van der Waals surface area contributed by atoms with E-state index >= 15 is 0 Å².